The highest BCUT2D eigenvalue weighted by molar-refractivity contribution is 5.44. The van der Waals surface area contributed by atoms with Gasteiger partial charge in [-0.1, -0.05) is 0 Å². The first-order valence-corrected chi connectivity index (χ1v) is 5.84. The van der Waals surface area contributed by atoms with Crippen LogP contribution in [0.25, 0.3) is 5.65 Å². The largest absolute Gasteiger partial charge is 0.472 e. The first kappa shape index (κ1) is 10.2. The number of nitrogens with zero attached hydrogens (tertiary/aromatic N) is 3. The molecular weight excluding hydrogens is 214 g/mol. The second-order valence-electron chi connectivity index (χ2n) is 4.47. The molecule has 2 aromatic rings. The Balaban J connectivity index is 1.91. The molecule has 0 aromatic carbocycles. The smallest absolute Gasteiger partial charge is 0.194 e. The van der Waals surface area contributed by atoms with E-state index in [-0.39, 0.29) is 0 Å². The lowest BCUT2D eigenvalue weighted by atomic mass is 10.0. The van der Waals surface area contributed by atoms with Gasteiger partial charge in [0, 0.05) is 37.5 Å². The van der Waals surface area contributed by atoms with E-state index in [1.165, 1.54) is 0 Å². The van der Waals surface area contributed by atoms with E-state index in [0.717, 1.165) is 37.1 Å². The molecule has 86 valence electrons. The molecule has 1 aliphatic rings. The molecule has 0 amide bonds. The van der Waals surface area contributed by atoms with Crippen LogP contribution in [0.2, 0.25) is 0 Å². The van der Waals surface area contributed by atoms with Crippen LogP contribution in [0.4, 0.5) is 0 Å². The molecule has 4 heteroatoms. The summed E-state index contributed by atoms with van der Waals surface area (Å²) in [4.78, 5) is 4.20. The third-order valence-corrected chi connectivity index (χ3v) is 3.30. The summed E-state index contributed by atoms with van der Waals surface area (Å²) >= 11 is 0. The lowest BCUT2D eigenvalue weighted by Crippen LogP contribution is -2.30. The summed E-state index contributed by atoms with van der Waals surface area (Å²) in [6, 6.07) is 6.07. The Hall–Kier alpha value is -2.02. The van der Waals surface area contributed by atoms with Crippen molar-refractivity contribution >= 4 is 5.65 Å². The second-order valence-corrected chi connectivity index (χ2v) is 4.47. The zero-order valence-corrected chi connectivity index (χ0v) is 9.47. The SMILES string of the molecule is N#CC1(Oc2ccn3ccnc3c2)CCCC1. The number of rotatable bonds is 2. The van der Waals surface area contributed by atoms with E-state index in [2.05, 4.69) is 11.1 Å². The Morgan fingerprint density at radius 3 is 2.94 bits per heavy atom. The number of hydrogen-bond acceptors (Lipinski definition) is 3. The zero-order valence-electron chi connectivity index (χ0n) is 9.47. The van der Waals surface area contributed by atoms with Gasteiger partial charge in [0.15, 0.2) is 5.60 Å². The number of ether oxygens (including phenoxy) is 1. The molecule has 0 saturated heterocycles. The molecule has 1 saturated carbocycles. The first-order valence-electron chi connectivity index (χ1n) is 5.84. The maximum atomic E-state index is 9.26. The minimum atomic E-state index is -0.620. The Kier molecular flexibility index (Phi) is 2.25. The standard InChI is InChI=1S/C13H13N3O/c14-10-13(4-1-2-5-13)17-11-3-7-16-8-6-15-12(16)9-11/h3,6-9H,1-2,4-5H2. The van der Waals surface area contributed by atoms with E-state index in [0.29, 0.717) is 0 Å². The molecule has 4 nitrogen and oxygen atoms in total. The summed E-state index contributed by atoms with van der Waals surface area (Å²) in [6.07, 6.45) is 9.31. The highest BCUT2D eigenvalue weighted by Crippen LogP contribution is 2.34. The van der Waals surface area contributed by atoms with E-state index >= 15 is 0 Å². The molecule has 0 spiro atoms. The number of imidazole rings is 1. The van der Waals surface area contributed by atoms with E-state index in [1.54, 1.807) is 6.20 Å². The molecule has 1 fully saturated rings. The lowest BCUT2D eigenvalue weighted by molar-refractivity contribution is 0.136. The summed E-state index contributed by atoms with van der Waals surface area (Å²) in [7, 11) is 0. The Bertz CT molecular complexity index is 576. The summed E-state index contributed by atoms with van der Waals surface area (Å²) in [5.74, 6) is 0.729. The number of pyridine rings is 1. The van der Waals surface area contributed by atoms with Crippen LogP contribution in [0.15, 0.2) is 30.7 Å². The molecule has 17 heavy (non-hydrogen) atoms. The van der Waals surface area contributed by atoms with Crippen molar-refractivity contribution in [3.8, 4) is 11.8 Å². The molecule has 2 heterocycles. The molecule has 2 aromatic heterocycles. The van der Waals surface area contributed by atoms with E-state index in [1.807, 2.05) is 28.9 Å². The minimum Gasteiger partial charge on any atom is -0.472 e. The van der Waals surface area contributed by atoms with Gasteiger partial charge in [0.05, 0.1) is 0 Å². The highest BCUT2D eigenvalue weighted by Gasteiger charge is 2.36. The van der Waals surface area contributed by atoms with Crippen molar-refractivity contribution in [1.29, 1.82) is 5.26 Å². The highest BCUT2D eigenvalue weighted by atomic mass is 16.5. The molecule has 1 aliphatic carbocycles. The normalized spacial score (nSPS) is 18.1. The van der Waals surface area contributed by atoms with Crippen molar-refractivity contribution in [2.75, 3.05) is 0 Å². The molecular formula is C13H13N3O. The molecule has 0 radical (unpaired) electrons. The van der Waals surface area contributed by atoms with Gasteiger partial charge in [-0.25, -0.2) is 4.98 Å². The summed E-state index contributed by atoms with van der Waals surface area (Å²) < 4.78 is 7.79. The number of hydrogen-bond donors (Lipinski definition) is 0. The van der Waals surface area contributed by atoms with Crippen LogP contribution in [-0.4, -0.2) is 15.0 Å². The van der Waals surface area contributed by atoms with Crippen LogP contribution in [0.3, 0.4) is 0 Å². The first-order chi connectivity index (χ1) is 8.31. The van der Waals surface area contributed by atoms with E-state index in [4.69, 9.17) is 4.74 Å². The summed E-state index contributed by atoms with van der Waals surface area (Å²) in [6.45, 7) is 0. The van der Waals surface area contributed by atoms with Crippen molar-refractivity contribution in [3.63, 3.8) is 0 Å². The maximum Gasteiger partial charge on any atom is 0.194 e. The molecule has 0 unspecified atom stereocenters. The topological polar surface area (TPSA) is 50.3 Å². The van der Waals surface area contributed by atoms with Crippen molar-refractivity contribution in [2.45, 2.75) is 31.3 Å². The van der Waals surface area contributed by atoms with Gasteiger partial charge in [-0.3, -0.25) is 0 Å². The van der Waals surface area contributed by atoms with Crippen molar-refractivity contribution < 1.29 is 4.74 Å². The third kappa shape index (κ3) is 1.74. The fraction of sp³-hybridized carbons (Fsp3) is 0.385. The lowest BCUT2D eigenvalue weighted by Gasteiger charge is -2.22. The average Bonchev–Trinajstić information content (AvgIpc) is 2.97. The molecule has 0 N–H and O–H groups in total. The van der Waals surface area contributed by atoms with Crippen LogP contribution in [0.5, 0.6) is 5.75 Å². The van der Waals surface area contributed by atoms with Crippen LogP contribution in [-0.2, 0) is 0 Å². The quantitative estimate of drug-likeness (QED) is 0.792. The van der Waals surface area contributed by atoms with Crippen LogP contribution in [0, 0.1) is 11.3 Å². The van der Waals surface area contributed by atoms with Gasteiger partial charge in [-0.05, 0) is 18.9 Å². The monoisotopic (exact) mass is 227 g/mol. The zero-order chi connectivity index (χ0) is 11.7. The van der Waals surface area contributed by atoms with Gasteiger partial charge < -0.3 is 9.14 Å². The predicted molar refractivity (Wildman–Crippen MR) is 62.6 cm³/mol. The van der Waals surface area contributed by atoms with Gasteiger partial charge >= 0.3 is 0 Å². The summed E-state index contributed by atoms with van der Waals surface area (Å²) in [5, 5.41) is 9.26. The molecule has 0 atom stereocenters. The van der Waals surface area contributed by atoms with Gasteiger partial charge in [0.2, 0.25) is 0 Å². The minimum absolute atomic E-state index is 0.620. The number of aromatic nitrogens is 2. The van der Waals surface area contributed by atoms with E-state index < -0.39 is 5.60 Å². The fourth-order valence-corrected chi connectivity index (χ4v) is 2.36. The Labute approximate surface area is 99.5 Å². The Morgan fingerprint density at radius 2 is 2.18 bits per heavy atom. The predicted octanol–water partition coefficient (Wildman–Crippen LogP) is 2.55. The van der Waals surface area contributed by atoms with Gasteiger partial charge in [0.25, 0.3) is 0 Å². The number of fused-ring (bicyclic) bond motifs is 1. The van der Waals surface area contributed by atoms with Gasteiger partial charge in [0.1, 0.15) is 17.5 Å². The second kappa shape index (κ2) is 3.77. The van der Waals surface area contributed by atoms with Crippen molar-refractivity contribution in [2.24, 2.45) is 0 Å². The van der Waals surface area contributed by atoms with Gasteiger partial charge in [-0.2, -0.15) is 5.26 Å². The Morgan fingerprint density at radius 1 is 1.35 bits per heavy atom. The number of nitriles is 1. The molecule has 0 bridgehead atoms. The van der Waals surface area contributed by atoms with Crippen LogP contribution < -0.4 is 4.74 Å². The fourth-order valence-electron chi connectivity index (χ4n) is 2.36. The van der Waals surface area contributed by atoms with Crippen LogP contribution in [0.1, 0.15) is 25.7 Å². The van der Waals surface area contributed by atoms with Crippen molar-refractivity contribution in [1.82, 2.24) is 9.38 Å². The summed E-state index contributed by atoms with van der Waals surface area (Å²) in [5.41, 5.74) is 0.221. The average molecular weight is 227 g/mol. The molecule has 3 rings (SSSR count). The van der Waals surface area contributed by atoms with E-state index in [9.17, 15) is 5.26 Å². The van der Waals surface area contributed by atoms with Gasteiger partial charge in [-0.15, -0.1) is 0 Å². The van der Waals surface area contributed by atoms with Crippen molar-refractivity contribution in [3.05, 3.63) is 30.7 Å². The maximum absolute atomic E-state index is 9.26. The van der Waals surface area contributed by atoms with Crippen LogP contribution >= 0.6 is 0 Å². The molecule has 0 aliphatic heterocycles. The third-order valence-electron chi connectivity index (χ3n) is 3.30.